The molecule has 0 radical (unpaired) electrons. The van der Waals surface area contributed by atoms with Gasteiger partial charge in [-0.25, -0.2) is 8.42 Å². The molecule has 1 atom stereocenters. The highest BCUT2D eigenvalue weighted by Gasteiger charge is 2.21. The summed E-state index contributed by atoms with van der Waals surface area (Å²) in [4.78, 5) is 22.9. The van der Waals surface area contributed by atoms with Crippen LogP contribution in [0.4, 0.5) is 17.1 Å². The minimum Gasteiger partial charge on any atom is -0.481 e. The van der Waals surface area contributed by atoms with Crippen molar-refractivity contribution in [3.8, 4) is 5.75 Å². The second-order valence-electron chi connectivity index (χ2n) is 6.15. The fourth-order valence-corrected chi connectivity index (χ4v) is 3.02. The Labute approximate surface area is 173 Å². The smallest absolute Gasteiger partial charge is 0.271 e. The maximum atomic E-state index is 12.5. The first-order chi connectivity index (χ1) is 13.5. The molecule has 1 N–H and O–H groups in total. The molecule has 0 saturated heterocycles. The van der Waals surface area contributed by atoms with Crippen LogP contribution in [0.3, 0.4) is 0 Å². The molecule has 2 rings (SSSR count). The molecule has 9 nitrogen and oxygen atoms in total. The normalized spacial score (nSPS) is 12.1. The lowest BCUT2D eigenvalue weighted by Crippen LogP contribution is -2.32. The molecule has 11 heteroatoms. The molecule has 0 saturated carbocycles. The number of nitro benzene ring substituents is 1. The highest BCUT2D eigenvalue weighted by atomic mass is 35.5. The molecular formula is C18H20ClN3O6S. The Hall–Kier alpha value is -2.85. The first-order valence-electron chi connectivity index (χ1n) is 8.48. The van der Waals surface area contributed by atoms with E-state index in [4.69, 9.17) is 16.3 Å². The molecule has 0 aliphatic heterocycles. The van der Waals surface area contributed by atoms with Gasteiger partial charge in [0.15, 0.2) is 6.10 Å². The molecule has 1 amide bonds. The Morgan fingerprint density at radius 1 is 1.28 bits per heavy atom. The summed E-state index contributed by atoms with van der Waals surface area (Å²) in [5, 5.41) is 13.6. The number of nitrogens with one attached hydrogen (secondary N) is 1. The first-order valence-corrected chi connectivity index (χ1v) is 10.7. The molecule has 0 aliphatic rings. The van der Waals surface area contributed by atoms with Gasteiger partial charge in [-0.05, 0) is 36.8 Å². The number of amides is 1. The van der Waals surface area contributed by atoms with Crippen LogP contribution in [0.15, 0.2) is 42.5 Å². The fourth-order valence-electron chi connectivity index (χ4n) is 2.35. The van der Waals surface area contributed by atoms with Crippen LogP contribution in [0.1, 0.15) is 13.3 Å². The van der Waals surface area contributed by atoms with Crippen LogP contribution < -0.4 is 14.4 Å². The zero-order chi connectivity index (χ0) is 21.8. The van der Waals surface area contributed by atoms with Gasteiger partial charge in [0.1, 0.15) is 5.75 Å². The van der Waals surface area contributed by atoms with Gasteiger partial charge in [-0.2, -0.15) is 0 Å². The minimum absolute atomic E-state index is 0.109. The maximum Gasteiger partial charge on any atom is 0.271 e. The van der Waals surface area contributed by atoms with Gasteiger partial charge in [0.2, 0.25) is 10.0 Å². The molecular weight excluding hydrogens is 422 g/mol. The Morgan fingerprint density at radius 3 is 2.41 bits per heavy atom. The number of rotatable bonds is 8. The van der Waals surface area contributed by atoms with Crippen molar-refractivity contribution in [1.82, 2.24) is 0 Å². The lowest BCUT2D eigenvalue weighted by Gasteiger charge is -2.19. The zero-order valence-corrected chi connectivity index (χ0v) is 17.5. The van der Waals surface area contributed by atoms with Crippen LogP contribution in [-0.4, -0.2) is 38.7 Å². The van der Waals surface area contributed by atoms with Crippen molar-refractivity contribution in [3.05, 3.63) is 57.6 Å². The number of halogens is 1. The number of sulfonamides is 1. The van der Waals surface area contributed by atoms with Gasteiger partial charge in [0, 0.05) is 19.2 Å². The Bertz CT molecular complexity index is 1010. The molecule has 0 spiro atoms. The SMILES string of the molecule is CC[C@H](Oc1ccc(N(C)S(C)(=O)=O)cc1)C(=O)Nc1cc([N+](=O)[O-])ccc1Cl. The third kappa shape index (κ3) is 5.81. The monoisotopic (exact) mass is 441 g/mol. The van der Waals surface area contributed by atoms with Gasteiger partial charge in [-0.3, -0.25) is 19.2 Å². The lowest BCUT2D eigenvalue weighted by atomic mass is 10.2. The number of benzene rings is 2. The van der Waals surface area contributed by atoms with Crippen LogP contribution in [0.25, 0.3) is 0 Å². The summed E-state index contributed by atoms with van der Waals surface area (Å²) < 4.78 is 30.0. The van der Waals surface area contributed by atoms with Crippen molar-refractivity contribution in [2.24, 2.45) is 0 Å². The lowest BCUT2D eigenvalue weighted by molar-refractivity contribution is -0.384. The molecule has 29 heavy (non-hydrogen) atoms. The van der Waals surface area contributed by atoms with Crippen molar-refractivity contribution in [3.63, 3.8) is 0 Å². The summed E-state index contributed by atoms with van der Waals surface area (Å²) in [5.74, 6) is -0.157. The molecule has 0 bridgehead atoms. The molecule has 156 valence electrons. The molecule has 2 aromatic carbocycles. The second-order valence-corrected chi connectivity index (χ2v) is 8.57. The van der Waals surface area contributed by atoms with E-state index in [1.165, 1.54) is 25.2 Å². The number of carbonyl (C=O) groups is 1. The van der Waals surface area contributed by atoms with E-state index < -0.39 is 27.0 Å². The van der Waals surface area contributed by atoms with Crippen LogP contribution in [0.5, 0.6) is 5.75 Å². The number of non-ortho nitro benzene ring substituents is 1. The van der Waals surface area contributed by atoms with Crippen molar-refractivity contribution >= 4 is 44.6 Å². The summed E-state index contributed by atoms with van der Waals surface area (Å²) >= 11 is 6.01. The fraction of sp³-hybridized carbons (Fsp3) is 0.278. The van der Waals surface area contributed by atoms with E-state index in [1.54, 1.807) is 31.2 Å². The van der Waals surface area contributed by atoms with Crippen LogP contribution in [-0.2, 0) is 14.8 Å². The predicted octanol–water partition coefficient (Wildman–Crippen LogP) is 3.44. The Kier molecular flexibility index (Phi) is 7.04. The van der Waals surface area contributed by atoms with E-state index in [2.05, 4.69) is 5.32 Å². The summed E-state index contributed by atoms with van der Waals surface area (Å²) in [7, 11) is -1.96. The number of ether oxygens (including phenoxy) is 1. The summed E-state index contributed by atoms with van der Waals surface area (Å²) in [6, 6.07) is 9.94. The van der Waals surface area contributed by atoms with Crippen molar-refractivity contribution in [1.29, 1.82) is 0 Å². The first kappa shape index (κ1) is 22.4. The van der Waals surface area contributed by atoms with E-state index in [9.17, 15) is 23.3 Å². The van der Waals surface area contributed by atoms with Crippen LogP contribution in [0.2, 0.25) is 5.02 Å². The van der Waals surface area contributed by atoms with Gasteiger partial charge in [-0.15, -0.1) is 0 Å². The topological polar surface area (TPSA) is 119 Å². The summed E-state index contributed by atoms with van der Waals surface area (Å²) in [6.45, 7) is 1.74. The molecule has 2 aromatic rings. The van der Waals surface area contributed by atoms with Gasteiger partial charge >= 0.3 is 0 Å². The summed E-state index contributed by atoms with van der Waals surface area (Å²) in [6.07, 6.45) is 0.529. The van der Waals surface area contributed by atoms with Gasteiger partial charge in [0.05, 0.1) is 27.6 Å². The maximum absolute atomic E-state index is 12.5. The number of nitro groups is 1. The largest absolute Gasteiger partial charge is 0.481 e. The number of anilines is 2. The second kappa shape index (κ2) is 9.10. The quantitative estimate of drug-likeness (QED) is 0.495. The van der Waals surface area contributed by atoms with Gasteiger partial charge in [-0.1, -0.05) is 18.5 Å². The van der Waals surface area contributed by atoms with Gasteiger partial charge in [0.25, 0.3) is 11.6 Å². The van der Waals surface area contributed by atoms with Crippen molar-refractivity contribution in [2.45, 2.75) is 19.4 Å². The Morgan fingerprint density at radius 2 is 1.90 bits per heavy atom. The number of hydrogen-bond donors (Lipinski definition) is 1. The van der Waals surface area contributed by atoms with Gasteiger partial charge < -0.3 is 10.1 Å². The summed E-state index contributed by atoms with van der Waals surface area (Å²) in [5.41, 5.74) is 0.350. The zero-order valence-electron chi connectivity index (χ0n) is 16.0. The molecule has 0 aliphatic carbocycles. The van der Waals surface area contributed by atoms with Crippen LogP contribution in [0, 0.1) is 10.1 Å². The number of carbonyl (C=O) groups excluding carboxylic acids is 1. The highest BCUT2D eigenvalue weighted by Crippen LogP contribution is 2.27. The highest BCUT2D eigenvalue weighted by molar-refractivity contribution is 7.92. The average Bonchev–Trinajstić information content (AvgIpc) is 2.66. The van der Waals surface area contributed by atoms with Crippen LogP contribution >= 0.6 is 11.6 Å². The standard InChI is InChI=1S/C18H20ClN3O6S/c1-4-17(18(23)20-16-11-13(22(24)25)7-10-15(16)19)28-14-8-5-12(6-9-14)21(2)29(3,26)27/h5-11,17H,4H2,1-3H3,(H,20,23)/t17-/m0/s1. The molecule has 0 aromatic heterocycles. The predicted molar refractivity (Wildman–Crippen MR) is 111 cm³/mol. The number of nitrogens with zero attached hydrogens (tertiary/aromatic N) is 2. The Balaban J connectivity index is 2.13. The van der Waals surface area contributed by atoms with E-state index in [0.29, 0.717) is 17.9 Å². The van der Waals surface area contributed by atoms with E-state index in [0.717, 1.165) is 10.6 Å². The molecule has 0 heterocycles. The van der Waals surface area contributed by atoms with E-state index in [1.807, 2.05) is 0 Å². The van der Waals surface area contributed by atoms with E-state index >= 15 is 0 Å². The minimum atomic E-state index is -3.39. The third-order valence-electron chi connectivity index (χ3n) is 4.06. The van der Waals surface area contributed by atoms with E-state index in [-0.39, 0.29) is 16.4 Å². The molecule has 0 unspecified atom stereocenters. The number of hydrogen-bond acceptors (Lipinski definition) is 6. The van der Waals surface area contributed by atoms with Crippen molar-refractivity contribution in [2.75, 3.05) is 22.9 Å². The molecule has 0 fully saturated rings. The van der Waals surface area contributed by atoms with Crippen molar-refractivity contribution < 1.29 is 22.9 Å². The average molecular weight is 442 g/mol. The third-order valence-corrected chi connectivity index (χ3v) is 5.59.